The van der Waals surface area contributed by atoms with Crippen LogP contribution in [0.4, 0.5) is 0 Å². The average Bonchev–Trinajstić information content (AvgIpc) is 2.84. The quantitative estimate of drug-likeness (QED) is 0.324. The SMILES string of the molecule is CS(=O)(=O)NC(N)=NCCC[C@H](N)C(=O)N1CCCC1.Cl. The van der Waals surface area contributed by atoms with Crippen LogP contribution in [0, 0.1) is 0 Å². The van der Waals surface area contributed by atoms with Crippen molar-refractivity contribution < 1.29 is 13.2 Å². The summed E-state index contributed by atoms with van der Waals surface area (Å²) < 4.78 is 23.8. The lowest BCUT2D eigenvalue weighted by atomic mass is 10.1. The van der Waals surface area contributed by atoms with Crippen molar-refractivity contribution in [1.82, 2.24) is 9.62 Å². The highest BCUT2D eigenvalue weighted by Crippen LogP contribution is 2.10. The molecule has 5 N–H and O–H groups in total. The van der Waals surface area contributed by atoms with Gasteiger partial charge in [-0.15, -0.1) is 12.4 Å². The van der Waals surface area contributed by atoms with E-state index in [1.807, 2.05) is 0 Å². The fourth-order valence-corrected chi connectivity index (χ4v) is 2.47. The number of carbonyl (C=O) groups excluding carboxylic acids is 1. The minimum Gasteiger partial charge on any atom is -0.369 e. The Labute approximate surface area is 131 Å². The summed E-state index contributed by atoms with van der Waals surface area (Å²) in [6.07, 6.45) is 4.16. The van der Waals surface area contributed by atoms with Crippen LogP contribution in [-0.4, -0.2) is 57.1 Å². The molecule has 124 valence electrons. The third kappa shape index (κ3) is 8.08. The number of amides is 1. The minimum absolute atomic E-state index is 0. The lowest BCUT2D eigenvalue weighted by Crippen LogP contribution is -2.42. The van der Waals surface area contributed by atoms with Crippen LogP contribution in [-0.2, 0) is 14.8 Å². The zero-order valence-corrected chi connectivity index (χ0v) is 13.8. The smallest absolute Gasteiger partial charge is 0.239 e. The van der Waals surface area contributed by atoms with E-state index < -0.39 is 16.1 Å². The summed E-state index contributed by atoms with van der Waals surface area (Å²) in [6, 6.07) is -0.521. The van der Waals surface area contributed by atoms with Crippen LogP contribution >= 0.6 is 12.4 Å². The van der Waals surface area contributed by atoms with Gasteiger partial charge in [-0.25, -0.2) is 8.42 Å². The number of likely N-dealkylation sites (tertiary alicyclic amines) is 1. The van der Waals surface area contributed by atoms with E-state index in [1.54, 1.807) is 4.90 Å². The van der Waals surface area contributed by atoms with Crippen molar-refractivity contribution in [2.45, 2.75) is 31.7 Å². The van der Waals surface area contributed by atoms with Gasteiger partial charge >= 0.3 is 0 Å². The van der Waals surface area contributed by atoms with E-state index in [0.717, 1.165) is 32.2 Å². The number of aliphatic imine (C=N–C) groups is 1. The first-order chi connectivity index (χ1) is 9.29. The Bertz CT molecular complexity index is 462. The number of sulfonamides is 1. The summed E-state index contributed by atoms with van der Waals surface area (Å²) in [4.78, 5) is 17.6. The number of hydrogen-bond acceptors (Lipinski definition) is 5. The summed E-state index contributed by atoms with van der Waals surface area (Å²) in [7, 11) is -3.39. The second-order valence-electron chi connectivity index (χ2n) is 4.92. The van der Waals surface area contributed by atoms with E-state index in [9.17, 15) is 13.2 Å². The first-order valence-corrected chi connectivity index (χ1v) is 8.51. The first-order valence-electron chi connectivity index (χ1n) is 6.61. The van der Waals surface area contributed by atoms with E-state index >= 15 is 0 Å². The van der Waals surface area contributed by atoms with Gasteiger partial charge in [0, 0.05) is 19.6 Å². The van der Waals surface area contributed by atoms with Crippen LogP contribution in [0.5, 0.6) is 0 Å². The number of rotatable bonds is 6. The molecule has 0 spiro atoms. The van der Waals surface area contributed by atoms with E-state index in [2.05, 4.69) is 9.71 Å². The molecule has 10 heteroatoms. The maximum absolute atomic E-state index is 11.9. The van der Waals surface area contributed by atoms with Crippen LogP contribution in [0.2, 0.25) is 0 Å². The monoisotopic (exact) mass is 341 g/mol. The maximum atomic E-state index is 11.9. The molecule has 0 bridgehead atoms. The van der Waals surface area contributed by atoms with Crippen LogP contribution in [0.15, 0.2) is 4.99 Å². The summed E-state index contributed by atoms with van der Waals surface area (Å²) >= 11 is 0. The molecule has 1 atom stereocenters. The molecule has 0 aromatic heterocycles. The fraction of sp³-hybridized carbons (Fsp3) is 0.818. The van der Waals surface area contributed by atoms with Crippen molar-refractivity contribution in [3.05, 3.63) is 0 Å². The molecule has 1 aliphatic heterocycles. The highest BCUT2D eigenvalue weighted by atomic mass is 35.5. The van der Waals surface area contributed by atoms with Gasteiger partial charge in [0.1, 0.15) is 0 Å². The van der Waals surface area contributed by atoms with Crippen molar-refractivity contribution in [1.29, 1.82) is 0 Å². The molecule has 0 aromatic rings. The Balaban J connectivity index is 0.00000400. The molecule has 1 saturated heterocycles. The topological polar surface area (TPSA) is 131 Å². The lowest BCUT2D eigenvalue weighted by molar-refractivity contribution is -0.131. The highest BCUT2D eigenvalue weighted by Gasteiger charge is 2.22. The van der Waals surface area contributed by atoms with Crippen LogP contribution in [0.3, 0.4) is 0 Å². The number of carbonyl (C=O) groups is 1. The van der Waals surface area contributed by atoms with Crippen molar-refractivity contribution in [2.75, 3.05) is 25.9 Å². The molecule has 0 aromatic carbocycles. The largest absolute Gasteiger partial charge is 0.369 e. The Morgan fingerprint density at radius 2 is 1.95 bits per heavy atom. The third-order valence-corrected chi connectivity index (χ3v) is 3.56. The molecule has 21 heavy (non-hydrogen) atoms. The van der Waals surface area contributed by atoms with Gasteiger partial charge in [-0.1, -0.05) is 0 Å². The predicted octanol–water partition coefficient (Wildman–Crippen LogP) is -0.998. The van der Waals surface area contributed by atoms with Gasteiger partial charge in [0.2, 0.25) is 21.9 Å². The second kappa shape index (κ2) is 9.06. The Hall–Kier alpha value is -1.06. The molecule has 1 amide bonds. The third-order valence-electron chi connectivity index (χ3n) is 2.98. The molecule has 8 nitrogen and oxygen atoms in total. The van der Waals surface area contributed by atoms with Gasteiger partial charge in [0.25, 0.3) is 0 Å². The number of nitrogens with one attached hydrogen (secondary N) is 1. The standard InChI is InChI=1S/C11H23N5O3S.ClH/c1-20(18,19)15-11(13)14-6-4-5-9(12)10(17)16-7-2-3-8-16;/h9H,2-8,12H2,1H3,(H3,13,14,15);1H/t9-;/m0./s1. The van der Waals surface area contributed by atoms with Gasteiger partial charge in [0.15, 0.2) is 0 Å². The highest BCUT2D eigenvalue weighted by molar-refractivity contribution is 7.89. The number of nitrogens with two attached hydrogens (primary N) is 2. The Kier molecular flexibility index (Phi) is 8.60. The van der Waals surface area contributed by atoms with Crippen molar-refractivity contribution in [3.8, 4) is 0 Å². The number of hydrogen-bond donors (Lipinski definition) is 3. The average molecular weight is 342 g/mol. The van der Waals surface area contributed by atoms with E-state index in [4.69, 9.17) is 11.5 Å². The van der Waals surface area contributed by atoms with Crippen molar-refractivity contribution in [3.63, 3.8) is 0 Å². The predicted molar refractivity (Wildman–Crippen MR) is 84.7 cm³/mol. The summed E-state index contributed by atoms with van der Waals surface area (Å²) in [5.41, 5.74) is 11.2. The first kappa shape index (κ1) is 19.9. The number of halogens is 1. The summed E-state index contributed by atoms with van der Waals surface area (Å²) in [5, 5.41) is 0. The van der Waals surface area contributed by atoms with Gasteiger partial charge in [0.05, 0.1) is 12.3 Å². The van der Waals surface area contributed by atoms with E-state index in [0.29, 0.717) is 19.4 Å². The number of nitrogens with zero attached hydrogens (tertiary/aromatic N) is 2. The molecule has 0 unspecified atom stereocenters. The van der Waals surface area contributed by atoms with Crippen LogP contribution in [0.25, 0.3) is 0 Å². The zero-order chi connectivity index (χ0) is 15.2. The minimum atomic E-state index is -3.39. The molecule has 1 fully saturated rings. The molecule has 1 aliphatic rings. The Morgan fingerprint density at radius 3 is 2.48 bits per heavy atom. The molecule has 0 radical (unpaired) electrons. The molecule has 1 heterocycles. The van der Waals surface area contributed by atoms with Crippen LogP contribution < -0.4 is 16.2 Å². The molecule has 0 aliphatic carbocycles. The van der Waals surface area contributed by atoms with E-state index in [1.165, 1.54) is 0 Å². The normalized spacial score (nSPS) is 17.2. The van der Waals surface area contributed by atoms with Crippen molar-refractivity contribution in [2.24, 2.45) is 16.5 Å². The van der Waals surface area contributed by atoms with Crippen molar-refractivity contribution >= 4 is 34.3 Å². The second-order valence-corrected chi connectivity index (χ2v) is 6.67. The summed E-state index contributed by atoms with van der Waals surface area (Å²) in [5.74, 6) is -0.166. The van der Waals surface area contributed by atoms with Crippen LogP contribution in [0.1, 0.15) is 25.7 Å². The molecular weight excluding hydrogens is 318 g/mol. The van der Waals surface area contributed by atoms with Gasteiger partial charge in [-0.05, 0) is 25.7 Å². The Morgan fingerprint density at radius 1 is 1.38 bits per heavy atom. The molecule has 0 saturated carbocycles. The zero-order valence-electron chi connectivity index (χ0n) is 12.1. The lowest BCUT2D eigenvalue weighted by Gasteiger charge is -2.19. The van der Waals surface area contributed by atoms with Gasteiger partial charge < -0.3 is 16.4 Å². The summed E-state index contributed by atoms with van der Waals surface area (Å²) in [6.45, 7) is 1.90. The molecule has 1 rings (SSSR count). The van der Waals surface area contributed by atoms with Gasteiger partial charge in [-0.3, -0.25) is 14.5 Å². The van der Waals surface area contributed by atoms with E-state index in [-0.39, 0.29) is 24.3 Å². The fourth-order valence-electron chi connectivity index (χ4n) is 2.03. The van der Waals surface area contributed by atoms with Gasteiger partial charge in [-0.2, -0.15) is 0 Å². The number of guanidine groups is 1. The maximum Gasteiger partial charge on any atom is 0.239 e. The molecular formula is C11H24ClN5O3S.